The van der Waals surface area contributed by atoms with Crippen molar-refractivity contribution in [3.8, 4) is 0 Å². The van der Waals surface area contributed by atoms with Gasteiger partial charge in [0.2, 0.25) is 0 Å². The van der Waals surface area contributed by atoms with Gasteiger partial charge in [-0.15, -0.1) is 0 Å². The lowest BCUT2D eigenvalue weighted by atomic mass is 10.1. The number of hydrogen-bond donors (Lipinski definition) is 0. The van der Waals surface area contributed by atoms with Gasteiger partial charge in [-0.05, 0) is 32.6 Å². The highest BCUT2D eigenvalue weighted by molar-refractivity contribution is 7.98. The number of fused-ring (bicyclic) bond motifs is 1. The van der Waals surface area contributed by atoms with Crippen LogP contribution in [0.3, 0.4) is 0 Å². The fraction of sp³-hybridized carbons (Fsp3) is 1.00. The summed E-state index contributed by atoms with van der Waals surface area (Å²) in [7, 11) is 0. The average Bonchev–Trinajstić information content (AvgIpc) is 2.64. The summed E-state index contributed by atoms with van der Waals surface area (Å²) in [5.74, 6) is 1.28. The summed E-state index contributed by atoms with van der Waals surface area (Å²) in [4.78, 5) is 5.37. The highest BCUT2D eigenvalue weighted by Crippen LogP contribution is 2.23. The lowest BCUT2D eigenvalue weighted by Crippen LogP contribution is -2.53. The van der Waals surface area contributed by atoms with Crippen molar-refractivity contribution in [3.63, 3.8) is 0 Å². The highest BCUT2D eigenvalue weighted by atomic mass is 32.2. The van der Waals surface area contributed by atoms with Gasteiger partial charge in [-0.3, -0.25) is 9.80 Å². The Bertz CT molecular complexity index is 186. The Kier molecular flexibility index (Phi) is 3.74. The third kappa shape index (κ3) is 2.26. The molecule has 2 fully saturated rings. The Morgan fingerprint density at radius 3 is 3.00 bits per heavy atom. The molecule has 0 aliphatic carbocycles. The lowest BCUT2D eigenvalue weighted by molar-refractivity contribution is 0.0841. The SMILES string of the molecule is CSCC(C)N1CCN2CCCC2C1. The molecule has 2 aliphatic heterocycles. The minimum atomic E-state index is 0.771. The molecule has 0 radical (unpaired) electrons. The first kappa shape index (κ1) is 10.8. The summed E-state index contributed by atoms with van der Waals surface area (Å²) >= 11 is 1.97. The maximum Gasteiger partial charge on any atom is 0.0224 e. The van der Waals surface area contributed by atoms with E-state index in [2.05, 4.69) is 23.0 Å². The first-order valence-corrected chi connectivity index (χ1v) is 7.17. The summed E-state index contributed by atoms with van der Waals surface area (Å²) in [6.07, 6.45) is 5.07. The van der Waals surface area contributed by atoms with Crippen LogP contribution in [0, 0.1) is 0 Å². The molecule has 0 bridgehead atoms. The summed E-state index contributed by atoms with van der Waals surface area (Å²) in [6.45, 7) is 7.65. The minimum absolute atomic E-state index is 0.771. The van der Waals surface area contributed by atoms with Crippen LogP contribution in [0.5, 0.6) is 0 Å². The standard InChI is InChI=1S/C11H22N2S/c1-10(9-14-2)13-7-6-12-5-3-4-11(12)8-13/h10-11H,3-9H2,1-2H3. The molecule has 0 aromatic carbocycles. The predicted octanol–water partition coefficient (Wildman–Crippen LogP) is 1.52. The van der Waals surface area contributed by atoms with E-state index in [9.17, 15) is 0 Å². The van der Waals surface area contributed by atoms with Crippen molar-refractivity contribution >= 4 is 11.8 Å². The average molecular weight is 214 g/mol. The third-order valence-corrected chi connectivity index (χ3v) is 4.47. The van der Waals surface area contributed by atoms with Crippen molar-refractivity contribution in [1.29, 1.82) is 0 Å². The van der Waals surface area contributed by atoms with Crippen molar-refractivity contribution in [1.82, 2.24) is 9.80 Å². The third-order valence-electron chi connectivity index (χ3n) is 3.65. The number of nitrogens with zero attached hydrogens (tertiary/aromatic N) is 2. The van der Waals surface area contributed by atoms with Gasteiger partial charge in [0.25, 0.3) is 0 Å². The predicted molar refractivity (Wildman–Crippen MR) is 64.0 cm³/mol. The van der Waals surface area contributed by atoms with Crippen LogP contribution in [0.4, 0.5) is 0 Å². The summed E-state index contributed by atoms with van der Waals surface area (Å²) in [5.41, 5.74) is 0. The quantitative estimate of drug-likeness (QED) is 0.703. The molecule has 14 heavy (non-hydrogen) atoms. The Labute approximate surface area is 92.0 Å². The number of thioether (sulfide) groups is 1. The fourth-order valence-corrected chi connectivity index (χ4v) is 3.46. The van der Waals surface area contributed by atoms with Crippen LogP contribution in [0.25, 0.3) is 0 Å². The van der Waals surface area contributed by atoms with Gasteiger partial charge in [0, 0.05) is 37.5 Å². The zero-order chi connectivity index (χ0) is 9.97. The molecule has 2 heterocycles. The molecule has 0 aromatic heterocycles. The smallest absolute Gasteiger partial charge is 0.0224 e. The number of rotatable bonds is 3. The van der Waals surface area contributed by atoms with Crippen molar-refractivity contribution in [3.05, 3.63) is 0 Å². The van der Waals surface area contributed by atoms with Gasteiger partial charge in [-0.1, -0.05) is 0 Å². The van der Waals surface area contributed by atoms with Crippen molar-refractivity contribution in [2.75, 3.05) is 38.2 Å². The monoisotopic (exact) mass is 214 g/mol. The molecule has 2 aliphatic rings. The zero-order valence-corrected chi connectivity index (χ0v) is 10.2. The van der Waals surface area contributed by atoms with Gasteiger partial charge in [-0.2, -0.15) is 11.8 Å². The van der Waals surface area contributed by atoms with E-state index < -0.39 is 0 Å². The molecule has 0 aromatic rings. The largest absolute Gasteiger partial charge is 0.298 e. The molecule has 0 saturated carbocycles. The molecular weight excluding hydrogens is 192 g/mol. The first-order valence-electron chi connectivity index (χ1n) is 5.78. The lowest BCUT2D eigenvalue weighted by Gasteiger charge is -2.40. The first-order chi connectivity index (χ1) is 6.81. The molecule has 0 amide bonds. The second kappa shape index (κ2) is 4.86. The Hall–Kier alpha value is 0.270. The van der Waals surface area contributed by atoms with E-state index in [1.54, 1.807) is 0 Å². The van der Waals surface area contributed by atoms with E-state index in [1.165, 1.54) is 44.8 Å². The Morgan fingerprint density at radius 1 is 1.36 bits per heavy atom. The van der Waals surface area contributed by atoms with Crippen LogP contribution >= 0.6 is 11.8 Å². The molecule has 2 unspecified atom stereocenters. The summed E-state index contributed by atoms with van der Waals surface area (Å²) < 4.78 is 0. The molecule has 2 saturated heterocycles. The van der Waals surface area contributed by atoms with E-state index >= 15 is 0 Å². The maximum absolute atomic E-state index is 2.68. The normalized spacial score (nSPS) is 31.7. The number of piperazine rings is 1. The molecule has 0 N–H and O–H groups in total. The van der Waals surface area contributed by atoms with Gasteiger partial charge in [0.05, 0.1) is 0 Å². The van der Waals surface area contributed by atoms with Gasteiger partial charge in [0.1, 0.15) is 0 Å². The molecule has 2 atom stereocenters. The highest BCUT2D eigenvalue weighted by Gasteiger charge is 2.31. The van der Waals surface area contributed by atoms with Crippen molar-refractivity contribution in [2.24, 2.45) is 0 Å². The Balaban J connectivity index is 1.84. The van der Waals surface area contributed by atoms with E-state index in [-0.39, 0.29) is 0 Å². The van der Waals surface area contributed by atoms with Crippen LogP contribution < -0.4 is 0 Å². The van der Waals surface area contributed by atoms with Crippen molar-refractivity contribution < 1.29 is 0 Å². The van der Waals surface area contributed by atoms with E-state index in [0.29, 0.717) is 0 Å². The summed E-state index contributed by atoms with van der Waals surface area (Å²) in [6, 6.07) is 1.65. The molecule has 0 spiro atoms. The number of hydrogen-bond acceptors (Lipinski definition) is 3. The fourth-order valence-electron chi connectivity index (χ4n) is 2.76. The minimum Gasteiger partial charge on any atom is -0.298 e. The van der Waals surface area contributed by atoms with Crippen LogP contribution in [0.1, 0.15) is 19.8 Å². The maximum atomic E-state index is 2.68. The van der Waals surface area contributed by atoms with Crippen molar-refractivity contribution in [2.45, 2.75) is 31.8 Å². The van der Waals surface area contributed by atoms with Gasteiger partial charge in [0.15, 0.2) is 0 Å². The second-order valence-electron chi connectivity index (χ2n) is 4.63. The van der Waals surface area contributed by atoms with Crippen LogP contribution in [-0.4, -0.2) is 60.1 Å². The molecule has 2 nitrogen and oxygen atoms in total. The van der Waals surface area contributed by atoms with Gasteiger partial charge in [-0.25, -0.2) is 0 Å². The molecule has 3 heteroatoms. The van der Waals surface area contributed by atoms with Crippen LogP contribution in [0.15, 0.2) is 0 Å². The van der Waals surface area contributed by atoms with E-state index in [1.807, 2.05) is 11.8 Å². The van der Waals surface area contributed by atoms with Gasteiger partial charge < -0.3 is 0 Å². The molecular formula is C11H22N2S. The molecule has 2 rings (SSSR count). The van der Waals surface area contributed by atoms with E-state index in [4.69, 9.17) is 0 Å². The van der Waals surface area contributed by atoms with Crippen LogP contribution in [0.2, 0.25) is 0 Å². The second-order valence-corrected chi connectivity index (χ2v) is 5.54. The van der Waals surface area contributed by atoms with E-state index in [0.717, 1.165) is 12.1 Å². The molecule has 82 valence electrons. The topological polar surface area (TPSA) is 6.48 Å². The van der Waals surface area contributed by atoms with Gasteiger partial charge >= 0.3 is 0 Å². The zero-order valence-electron chi connectivity index (χ0n) is 9.41. The Morgan fingerprint density at radius 2 is 2.21 bits per heavy atom. The van der Waals surface area contributed by atoms with Crippen LogP contribution in [-0.2, 0) is 0 Å². The summed E-state index contributed by atoms with van der Waals surface area (Å²) in [5, 5.41) is 0.